The van der Waals surface area contributed by atoms with Crippen molar-refractivity contribution in [2.75, 3.05) is 12.5 Å². The minimum absolute atomic E-state index is 0.116. The van der Waals surface area contributed by atoms with Crippen molar-refractivity contribution in [3.63, 3.8) is 0 Å². The minimum atomic E-state index is -0.116. The van der Waals surface area contributed by atoms with E-state index >= 15 is 0 Å². The van der Waals surface area contributed by atoms with E-state index in [1.165, 1.54) is 0 Å². The first-order valence-corrected chi connectivity index (χ1v) is 5.71. The number of hydrazine groups is 1. The molecular formula is C11H19N5O. The van der Waals surface area contributed by atoms with E-state index in [2.05, 4.69) is 29.5 Å². The van der Waals surface area contributed by atoms with Gasteiger partial charge in [-0.1, -0.05) is 13.8 Å². The summed E-state index contributed by atoms with van der Waals surface area (Å²) in [7, 11) is 1.79. The second-order valence-corrected chi connectivity index (χ2v) is 3.83. The number of nitrogens with zero attached hydrogens (tertiary/aromatic N) is 3. The molecule has 0 saturated heterocycles. The van der Waals surface area contributed by atoms with Crippen LogP contribution in [-0.2, 0) is 0 Å². The van der Waals surface area contributed by atoms with Crippen LogP contribution in [0.2, 0.25) is 0 Å². The average molecular weight is 237 g/mol. The van der Waals surface area contributed by atoms with E-state index in [9.17, 15) is 4.79 Å². The highest BCUT2D eigenvalue weighted by Gasteiger charge is 2.19. The van der Waals surface area contributed by atoms with Gasteiger partial charge < -0.3 is 10.3 Å². The second kappa shape index (κ2) is 6.15. The molecule has 3 N–H and O–H groups in total. The third-order valence-corrected chi connectivity index (χ3v) is 2.84. The molecule has 0 saturated carbocycles. The zero-order valence-electron chi connectivity index (χ0n) is 10.5. The number of nitrogen functional groups attached to an aromatic ring is 1. The Labute approximate surface area is 101 Å². The Kier molecular flexibility index (Phi) is 4.84. The van der Waals surface area contributed by atoms with Crippen LogP contribution in [0.25, 0.3) is 0 Å². The summed E-state index contributed by atoms with van der Waals surface area (Å²) in [6, 6.07) is 3.47. The van der Waals surface area contributed by atoms with Gasteiger partial charge in [0.15, 0.2) is 11.5 Å². The van der Waals surface area contributed by atoms with E-state index in [-0.39, 0.29) is 11.9 Å². The topological polar surface area (TPSA) is 84.1 Å². The van der Waals surface area contributed by atoms with E-state index in [1.54, 1.807) is 24.1 Å². The van der Waals surface area contributed by atoms with Crippen LogP contribution in [0.4, 0.5) is 5.82 Å². The highest BCUT2D eigenvalue weighted by atomic mass is 16.2. The van der Waals surface area contributed by atoms with Crippen molar-refractivity contribution in [3.8, 4) is 0 Å². The lowest BCUT2D eigenvalue weighted by Gasteiger charge is -2.25. The van der Waals surface area contributed by atoms with Gasteiger partial charge in [0, 0.05) is 13.1 Å². The fraction of sp³-hybridized carbons (Fsp3) is 0.545. The number of aromatic nitrogens is 2. The molecule has 1 amide bonds. The molecule has 1 heterocycles. The molecule has 0 spiro atoms. The Morgan fingerprint density at radius 2 is 2.06 bits per heavy atom. The maximum Gasteiger partial charge on any atom is 0.274 e. The molecule has 1 aromatic heterocycles. The van der Waals surface area contributed by atoms with Gasteiger partial charge in [0.1, 0.15) is 0 Å². The van der Waals surface area contributed by atoms with Gasteiger partial charge in [-0.3, -0.25) is 4.79 Å². The smallest absolute Gasteiger partial charge is 0.274 e. The molecule has 17 heavy (non-hydrogen) atoms. The Morgan fingerprint density at radius 1 is 1.41 bits per heavy atom. The zero-order valence-corrected chi connectivity index (χ0v) is 10.5. The van der Waals surface area contributed by atoms with Gasteiger partial charge >= 0.3 is 0 Å². The lowest BCUT2D eigenvalue weighted by atomic mass is 10.1. The number of hydrogen-bond donors (Lipinski definition) is 2. The van der Waals surface area contributed by atoms with E-state index < -0.39 is 0 Å². The molecule has 1 rings (SSSR count). The molecule has 0 unspecified atom stereocenters. The SMILES string of the molecule is CCC(CC)N(C)C(=O)c1ccc(NN)nn1. The minimum Gasteiger partial charge on any atom is -0.337 e. The highest BCUT2D eigenvalue weighted by molar-refractivity contribution is 5.92. The molecule has 6 heteroatoms. The van der Waals surface area contributed by atoms with Crippen molar-refractivity contribution in [1.29, 1.82) is 0 Å². The van der Waals surface area contributed by atoms with Crippen LogP contribution in [0.5, 0.6) is 0 Å². The average Bonchev–Trinajstić information content (AvgIpc) is 2.39. The Hall–Kier alpha value is -1.69. The number of amides is 1. The molecule has 0 aliphatic rings. The van der Waals surface area contributed by atoms with Crippen LogP contribution in [0.1, 0.15) is 37.2 Å². The molecule has 94 valence electrons. The second-order valence-electron chi connectivity index (χ2n) is 3.83. The standard InChI is InChI=1S/C11H19N5O/c1-4-8(5-2)16(3)11(17)9-6-7-10(13-12)15-14-9/h6-8H,4-5,12H2,1-3H3,(H,13,15). The van der Waals surface area contributed by atoms with Gasteiger partial charge in [-0.15, -0.1) is 10.2 Å². The Bertz CT molecular complexity index is 361. The van der Waals surface area contributed by atoms with Crippen LogP contribution >= 0.6 is 0 Å². The molecule has 6 nitrogen and oxygen atoms in total. The maximum absolute atomic E-state index is 12.1. The van der Waals surface area contributed by atoms with Crippen molar-refractivity contribution in [1.82, 2.24) is 15.1 Å². The number of nitrogens with two attached hydrogens (primary N) is 1. The lowest BCUT2D eigenvalue weighted by Crippen LogP contribution is -2.36. The predicted molar refractivity (Wildman–Crippen MR) is 66.3 cm³/mol. The largest absolute Gasteiger partial charge is 0.337 e. The van der Waals surface area contributed by atoms with Crippen molar-refractivity contribution >= 4 is 11.7 Å². The number of hydrogen-bond acceptors (Lipinski definition) is 5. The first kappa shape index (κ1) is 13.4. The normalized spacial score (nSPS) is 10.4. The molecule has 0 aliphatic carbocycles. The predicted octanol–water partition coefficient (Wildman–Crippen LogP) is 1.02. The summed E-state index contributed by atoms with van der Waals surface area (Å²) >= 11 is 0. The third-order valence-electron chi connectivity index (χ3n) is 2.84. The van der Waals surface area contributed by atoms with E-state index in [0.717, 1.165) is 12.8 Å². The quantitative estimate of drug-likeness (QED) is 0.590. The summed E-state index contributed by atoms with van der Waals surface area (Å²) in [5.74, 6) is 5.50. The van der Waals surface area contributed by atoms with Crippen LogP contribution in [0.3, 0.4) is 0 Å². The third kappa shape index (κ3) is 3.13. The van der Waals surface area contributed by atoms with Crippen LogP contribution in [0, 0.1) is 0 Å². The number of carbonyl (C=O) groups excluding carboxylic acids is 1. The van der Waals surface area contributed by atoms with Gasteiger partial charge in [-0.2, -0.15) is 0 Å². The molecule has 0 radical (unpaired) electrons. The fourth-order valence-electron chi connectivity index (χ4n) is 1.71. The van der Waals surface area contributed by atoms with Crippen molar-refractivity contribution in [2.45, 2.75) is 32.7 Å². The Balaban J connectivity index is 2.80. The monoisotopic (exact) mass is 237 g/mol. The van der Waals surface area contributed by atoms with Crippen molar-refractivity contribution in [3.05, 3.63) is 17.8 Å². The van der Waals surface area contributed by atoms with E-state index in [0.29, 0.717) is 11.5 Å². The van der Waals surface area contributed by atoms with Crippen LogP contribution < -0.4 is 11.3 Å². The Morgan fingerprint density at radius 3 is 2.47 bits per heavy atom. The molecule has 0 fully saturated rings. The lowest BCUT2D eigenvalue weighted by molar-refractivity contribution is 0.0716. The van der Waals surface area contributed by atoms with Gasteiger partial charge in [-0.05, 0) is 25.0 Å². The number of anilines is 1. The van der Waals surface area contributed by atoms with Crippen molar-refractivity contribution < 1.29 is 4.79 Å². The number of nitrogens with one attached hydrogen (secondary N) is 1. The van der Waals surface area contributed by atoms with Gasteiger partial charge in [0.2, 0.25) is 0 Å². The highest BCUT2D eigenvalue weighted by Crippen LogP contribution is 2.10. The van der Waals surface area contributed by atoms with Gasteiger partial charge in [0.05, 0.1) is 0 Å². The summed E-state index contributed by atoms with van der Waals surface area (Å²) in [4.78, 5) is 13.8. The van der Waals surface area contributed by atoms with E-state index in [1.807, 2.05) is 0 Å². The van der Waals surface area contributed by atoms with Gasteiger partial charge in [0.25, 0.3) is 5.91 Å². The van der Waals surface area contributed by atoms with E-state index in [4.69, 9.17) is 5.84 Å². The molecule has 0 aliphatic heterocycles. The zero-order chi connectivity index (χ0) is 12.8. The summed E-state index contributed by atoms with van der Waals surface area (Å²) < 4.78 is 0. The fourth-order valence-corrected chi connectivity index (χ4v) is 1.71. The molecule has 0 atom stereocenters. The van der Waals surface area contributed by atoms with Crippen LogP contribution in [-0.4, -0.2) is 34.1 Å². The number of carbonyl (C=O) groups is 1. The summed E-state index contributed by atoms with van der Waals surface area (Å²) in [5, 5.41) is 7.62. The number of rotatable bonds is 5. The first-order valence-electron chi connectivity index (χ1n) is 5.71. The maximum atomic E-state index is 12.1. The first-order chi connectivity index (χ1) is 8.13. The molecule has 0 bridgehead atoms. The summed E-state index contributed by atoms with van der Waals surface area (Å²) in [5.41, 5.74) is 2.70. The molecule has 1 aromatic rings. The van der Waals surface area contributed by atoms with Crippen molar-refractivity contribution in [2.24, 2.45) is 5.84 Å². The molecular weight excluding hydrogens is 218 g/mol. The van der Waals surface area contributed by atoms with Crippen LogP contribution in [0.15, 0.2) is 12.1 Å². The van der Waals surface area contributed by atoms with Gasteiger partial charge in [-0.25, -0.2) is 5.84 Å². The molecule has 0 aromatic carbocycles. The summed E-state index contributed by atoms with van der Waals surface area (Å²) in [6.45, 7) is 4.12. The summed E-state index contributed by atoms with van der Waals surface area (Å²) in [6.07, 6.45) is 1.85.